The van der Waals surface area contributed by atoms with Crippen LogP contribution >= 0.6 is 0 Å². The second kappa shape index (κ2) is 5.68. The third kappa shape index (κ3) is 2.89. The summed E-state index contributed by atoms with van der Waals surface area (Å²) < 4.78 is 38.6. The Hall–Kier alpha value is -2.55. The molecule has 0 saturated carbocycles. The molecule has 2 aromatic rings. The van der Waals surface area contributed by atoms with Gasteiger partial charge in [-0.05, 0) is 11.0 Å². The molecule has 116 valence electrons. The number of benzene rings is 1. The third-order valence-corrected chi connectivity index (χ3v) is 3.20. The third-order valence-electron chi connectivity index (χ3n) is 3.20. The fraction of sp³-hybridized carbons (Fsp3) is 0.308. The molecule has 0 fully saturated rings. The molecule has 9 heteroatoms. The number of rotatable bonds is 4. The first kappa shape index (κ1) is 14.4. The minimum Gasteiger partial charge on any atom is -0.443 e. The zero-order chi connectivity index (χ0) is 15.7. The molecule has 3 rings (SSSR count). The molecular weight excluding hydrogens is 300 g/mol. The summed E-state index contributed by atoms with van der Waals surface area (Å²) in [4.78, 5) is 13.7. The van der Waals surface area contributed by atoms with Crippen molar-refractivity contribution in [3.63, 3.8) is 0 Å². The van der Waals surface area contributed by atoms with E-state index >= 15 is 0 Å². The number of hydrogen-bond donors (Lipinski definition) is 0. The molecule has 1 aliphatic rings. The molecule has 0 unspecified atom stereocenters. The average Bonchev–Trinajstić information content (AvgIpc) is 2.89. The lowest BCUT2D eigenvalue weighted by atomic mass is 10.2. The molecule has 1 atom stereocenters. The van der Waals surface area contributed by atoms with Crippen molar-refractivity contribution in [1.82, 2.24) is 9.55 Å². The van der Waals surface area contributed by atoms with Crippen molar-refractivity contribution in [2.45, 2.75) is 19.3 Å². The Balaban J connectivity index is 1.64. The number of halogens is 2. The van der Waals surface area contributed by atoms with E-state index in [0.29, 0.717) is 6.54 Å². The number of nitrogens with zero attached hydrogens (tertiary/aromatic N) is 3. The summed E-state index contributed by atoms with van der Waals surface area (Å²) in [6.45, 7) is 0.405. The molecule has 1 aromatic carbocycles. The molecule has 2 heterocycles. The summed E-state index contributed by atoms with van der Waals surface area (Å²) in [5.74, 6) is -1.64. The largest absolute Gasteiger partial charge is 0.443 e. The van der Waals surface area contributed by atoms with Gasteiger partial charge in [-0.1, -0.05) is 6.07 Å². The number of ether oxygens (including phenoxy) is 2. The fourth-order valence-electron chi connectivity index (χ4n) is 2.11. The summed E-state index contributed by atoms with van der Waals surface area (Å²) in [6, 6.07) is 3.39. The van der Waals surface area contributed by atoms with E-state index in [2.05, 4.69) is 4.98 Å². The minimum absolute atomic E-state index is 0.0493. The number of nitro groups is 1. The summed E-state index contributed by atoms with van der Waals surface area (Å²) in [5, 5.41) is 10.6. The van der Waals surface area contributed by atoms with Gasteiger partial charge in [0.15, 0.2) is 0 Å². The van der Waals surface area contributed by atoms with Crippen LogP contribution in [0.25, 0.3) is 0 Å². The molecule has 1 aromatic heterocycles. The molecule has 0 amide bonds. The molecule has 22 heavy (non-hydrogen) atoms. The molecule has 7 nitrogen and oxygen atoms in total. The SMILES string of the molecule is O=[N+]([O-])c1cn2c(n1)OC[C@H](OCc1ccc(F)cc1F)C2. The van der Waals surface area contributed by atoms with Crippen molar-refractivity contribution >= 4 is 5.82 Å². The maximum atomic E-state index is 13.5. The van der Waals surface area contributed by atoms with Crippen LogP contribution in [0.15, 0.2) is 24.4 Å². The van der Waals surface area contributed by atoms with Gasteiger partial charge < -0.3 is 19.6 Å². The molecule has 0 aliphatic carbocycles. The van der Waals surface area contributed by atoms with Crippen LogP contribution in [0.3, 0.4) is 0 Å². The van der Waals surface area contributed by atoms with E-state index in [1.165, 1.54) is 16.8 Å². The average molecular weight is 311 g/mol. The highest BCUT2D eigenvalue weighted by molar-refractivity contribution is 5.21. The van der Waals surface area contributed by atoms with Crippen LogP contribution < -0.4 is 4.74 Å². The lowest BCUT2D eigenvalue weighted by molar-refractivity contribution is -0.389. The monoisotopic (exact) mass is 311 g/mol. The molecule has 0 radical (unpaired) electrons. The van der Waals surface area contributed by atoms with Gasteiger partial charge in [0.05, 0.1) is 13.2 Å². The van der Waals surface area contributed by atoms with E-state index in [0.717, 1.165) is 12.1 Å². The molecular formula is C13H11F2N3O4. The molecule has 0 N–H and O–H groups in total. The maximum absolute atomic E-state index is 13.5. The number of fused-ring (bicyclic) bond motifs is 1. The topological polar surface area (TPSA) is 79.4 Å². The Labute approximate surface area is 123 Å². The Kier molecular flexibility index (Phi) is 3.72. The van der Waals surface area contributed by atoms with Gasteiger partial charge in [0.2, 0.25) is 0 Å². The second-order valence-electron chi connectivity index (χ2n) is 4.77. The van der Waals surface area contributed by atoms with E-state index < -0.39 is 22.7 Å². The zero-order valence-electron chi connectivity index (χ0n) is 11.2. The van der Waals surface area contributed by atoms with Gasteiger partial charge in [-0.2, -0.15) is 0 Å². The minimum atomic E-state index is -0.685. The Morgan fingerprint density at radius 3 is 3.05 bits per heavy atom. The number of aromatic nitrogens is 2. The highest BCUT2D eigenvalue weighted by atomic mass is 19.1. The first-order chi connectivity index (χ1) is 10.5. The van der Waals surface area contributed by atoms with Crippen LogP contribution in [0, 0.1) is 21.7 Å². The molecule has 0 spiro atoms. The van der Waals surface area contributed by atoms with Crippen molar-refractivity contribution in [2.24, 2.45) is 0 Å². The van der Waals surface area contributed by atoms with Crippen LogP contribution in [0.1, 0.15) is 5.56 Å². The predicted molar refractivity (Wildman–Crippen MR) is 69.3 cm³/mol. The first-order valence-corrected chi connectivity index (χ1v) is 6.43. The highest BCUT2D eigenvalue weighted by Gasteiger charge is 2.28. The van der Waals surface area contributed by atoms with Gasteiger partial charge in [0.1, 0.15) is 30.5 Å². The van der Waals surface area contributed by atoms with Crippen LogP contribution in [0.2, 0.25) is 0 Å². The van der Waals surface area contributed by atoms with Gasteiger partial charge in [0, 0.05) is 16.6 Å². The van der Waals surface area contributed by atoms with Gasteiger partial charge >= 0.3 is 11.8 Å². The lowest BCUT2D eigenvalue weighted by Gasteiger charge is -2.22. The quantitative estimate of drug-likeness (QED) is 0.638. The molecule has 0 saturated heterocycles. The number of imidazole rings is 1. The van der Waals surface area contributed by atoms with E-state index in [1.807, 2.05) is 0 Å². The normalized spacial score (nSPS) is 16.9. The molecule has 0 bridgehead atoms. The van der Waals surface area contributed by atoms with Gasteiger partial charge in [-0.25, -0.2) is 8.78 Å². The van der Waals surface area contributed by atoms with Crippen LogP contribution in [-0.4, -0.2) is 27.2 Å². The zero-order valence-corrected chi connectivity index (χ0v) is 11.2. The van der Waals surface area contributed by atoms with Crippen molar-refractivity contribution in [3.8, 4) is 6.01 Å². The number of hydrogen-bond acceptors (Lipinski definition) is 5. The van der Waals surface area contributed by atoms with Crippen molar-refractivity contribution in [2.75, 3.05) is 6.61 Å². The fourth-order valence-corrected chi connectivity index (χ4v) is 2.11. The maximum Gasteiger partial charge on any atom is 0.414 e. The van der Waals surface area contributed by atoms with Gasteiger partial charge in [0.25, 0.3) is 0 Å². The smallest absolute Gasteiger partial charge is 0.414 e. The van der Waals surface area contributed by atoms with Gasteiger partial charge in [-0.15, -0.1) is 0 Å². The Morgan fingerprint density at radius 1 is 1.50 bits per heavy atom. The summed E-state index contributed by atoms with van der Waals surface area (Å²) in [7, 11) is 0. The summed E-state index contributed by atoms with van der Waals surface area (Å²) in [6.07, 6.45) is 0.842. The van der Waals surface area contributed by atoms with E-state index in [-0.39, 0.29) is 30.6 Å². The van der Waals surface area contributed by atoms with Crippen LogP contribution in [-0.2, 0) is 17.9 Å². The van der Waals surface area contributed by atoms with E-state index in [1.54, 1.807) is 0 Å². The highest BCUT2D eigenvalue weighted by Crippen LogP contribution is 2.23. The standard InChI is InChI=1S/C13H11F2N3O4/c14-9-2-1-8(11(15)3-9)6-21-10-4-17-5-12(18(19)20)16-13(17)22-7-10/h1-3,5,10H,4,6-7H2/t10-/m1/s1. The van der Waals surface area contributed by atoms with Crippen molar-refractivity contribution in [1.29, 1.82) is 0 Å². The Morgan fingerprint density at radius 2 is 2.32 bits per heavy atom. The van der Waals surface area contributed by atoms with Crippen LogP contribution in [0.4, 0.5) is 14.6 Å². The Bertz CT molecular complexity index is 719. The van der Waals surface area contributed by atoms with Crippen LogP contribution in [0.5, 0.6) is 6.01 Å². The lowest BCUT2D eigenvalue weighted by Crippen LogP contribution is -2.32. The predicted octanol–water partition coefficient (Wildman–Crippen LogP) is 2.05. The summed E-state index contributed by atoms with van der Waals surface area (Å²) >= 11 is 0. The molecule has 1 aliphatic heterocycles. The van der Waals surface area contributed by atoms with E-state index in [4.69, 9.17) is 9.47 Å². The van der Waals surface area contributed by atoms with Crippen molar-refractivity contribution < 1.29 is 23.2 Å². The van der Waals surface area contributed by atoms with Gasteiger partial charge in [-0.3, -0.25) is 4.57 Å². The first-order valence-electron chi connectivity index (χ1n) is 6.43. The van der Waals surface area contributed by atoms with E-state index in [9.17, 15) is 18.9 Å². The summed E-state index contributed by atoms with van der Waals surface area (Å²) in [5.41, 5.74) is 0.226. The second-order valence-corrected chi connectivity index (χ2v) is 4.77. The van der Waals surface area contributed by atoms with Crippen molar-refractivity contribution in [3.05, 3.63) is 51.7 Å².